The summed E-state index contributed by atoms with van der Waals surface area (Å²) in [6.07, 6.45) is 0. The van der Waals surface area contributed by atoms with Gasteiger partial charge >= 0.3 is 0 Å². The molecule has 0 saturated heterocycles. The molecule has 214 valence electrons. The van der Waals surface area contributed by atoms with E-state index in [1.807, 2.05) is 11.3 Å². The maximum absolute atomic E-state index is 2.49. The average molecular weight is 594 g/mol. The summed E-state index contributed by atoms with van der Waals surface area (Å²) in [6.45, 7) is 4.72. The van der Waals surface area contributed by atoms with Crippen LogP contribution in [0.3, 0.4) is 0 Å². The Hall–Kier alpha value is -5.18. The molecule has 8 aromatic rings. The topological polar surface area (TPSA) is 3.24 Å². The monoisotopic (exact) mass is 593 g/mol. The fourth-order valence-corrected chi connectivity index (χ4v) is 8.65. The highest BCUT2D eigenvalue weighted by Gasteiger charge is 2.36. The molecule has 0 bridgehead atoms. The van der Waals surface area contributed by atoms with Crippen LogP contribution in [0.2, 0.25) is 0 Å². The van der Waals surface area contributed by atoms with E-state index in [1.165, 1.54) is 81.4 Å². The first-order valence-corrected chi connectivity index (χ1v) is 16.4. The molecule has 7 aromatic carbocycles. The maximum atomic E-state index is 2.49. The van der Waals surface area contributed by atoms with E-state index >= 15 is 0 Å². The molecule has 0 amide bonds. The molecule has 0 atom stereocenters. The molecule has 0 N–H and O–H groups in total. The van der Waals surface area contributed by atoms with Crippen molar-refractivity contribution in [3.63, 3.8) is 0 Å². The van der Waals surface area contributed by atoms with Gasteiger partial charge in [-0.1, -0.05) is 129 Å². The van der Waals surface area contributed by atoms with Gasteiger partial charge in [-0.05, 0) is 69.6 Å². The molecule has 45 heavy (non-hydrogen) atoms. The van der Waals surface area contributed by atoms with E-state index in [4.69, 9.17) is 0 Å². The Bertz CT molecular complexity index is 2410. The van der Waals surface area contributed by atoms with E-state index in [1.54, 1.807) is 0 Å². The maximum Gasteiger partial charge on any atom is 0.0540 e. The molecule has 2 heteroatoms. The van der Waals surface area contributed by atoms with E-state index in [-0.39, 0.29) is 5.41 Å². The van der Waals surface area contributed by atoms with E-state index in [0.717, 1.165) is 0 Å². The highest BCUT2D eigenvalue weighted by molar-refractivity contribution is 7.26. The van der Waals surface area contributed by atoms with Crippen LogP contribution < -0.4 is 4.90 Å². The first-order valence-electron chi connectivity index (χ1n) is 15.6. The number of thiophene rings is 1. The minimum absolute atomic E-state index is 0.0902. The van der Waals surface area contributed by atoms with Gasteiger partial charge in [0.15, 0.2) is 0 Å². The van der Waals surface area contributed by atoms with Crippen LogP contribution in [0.15, 0.2) is 152 Å². The van der Waals surface area contributed by atoms with Crippen molar-refractivity contribution >= 4 is 59.3 Å². The summed E-state index contributed by atoms with van der Waals surface area (Å²) >= 11 is 1.88. The summed E-state index contributed by atoms with van der Waals surface area (Å²) in [4.78, 5) is 2.49. The Morgan fingerprint density at radius 1 is 0.467 bits per heavy atom. The standard InChI is InChI=1S/C43H31NS/c1-43(2)36-19-9-6-16-31(36)32-24-23-29(27-37(32)43)44(38-20-10-7-15-30(38)28-13-4-3-5-14-28)39-21-12-18-34-33(39)25-26-41-42(34)35-17-8-11-22-40(35)45-41/h3-27H,1-2H3. The summed E-state index contributed by atoms with van der Waals surface area (Å²) in [5.74, 6) is 0. The Balaban J connectivity index is 1.34. The van der Waals surface area contributed by atoms with E-state index in [9.17, 15) is 0 Å². The van der Waals surface area contributed by atoms with Gasteiger partial charge in [0, 0.05) is 42.2 Å². The van der Waals surface area contributed by atoms with Crippen molar-refractivity contribution < 1.29 is 0 Å². The number of benzene rings is 7. The second-order valence-corrected chi connectivity index (χ2v) is 13.6. The van der Waals surface area contributed by atoms with E-state index in [2.05, 4.69) is 170 Å². The van der Waals surface area contributed by atoms with Gasteiger partial charge in [0.05, 0.1) is 11.4 Å². The lowest BCUT2D eigenvalue weighted by atomic mass is 9.82. The van der Waals surface area contributed by atoms with Crippen LogP contribution in [0.1, 0.15) is 25.0 Å². The normalized spacial score (nSPS) is 13.3. The van der Waals surface area contributed by atoms with Crippen LogP contribution in [0.5, 0.6) is 0 Å². The molecule has 0 radical (unpaired) electrons. The molecular formula is C43H31NS. The molecular weight excluding hydrogens is 563 g/mol. The Kier molecular flexibility index (Phi) is 5.78. The van der Waals surface area contributed by atoms with Gasteiger partial charge in [-0.3, -0.25) is 0 Å². The van der Waals surface area contributed by atoms with Gasteiger partial charge in [0.25, 0.3) is 0 Å². The van der Waals surface area contributed by atoms with Crippen molar-refractivity contribution in [3.05, 3.63) is 163 Å². The average Bonchev–Trinajstić information content (AvgIpc) is 3.58. The van der Waals surface area contributed by atoms with Crippen molar-refractivity contribution in [1.29, 1.82) is 0 Å². The predicted octanol–water partition coefficient (Wildman–Crippen LogP) is 12.7. The van der Waals surface area contributed by atoms with Gasteiger partial charge in [-0.2, -0.15) is 0 Å². The smallest absolute Gasteiger partial charge is 0.0540 e. The zero-order chi connectivity index (χ0) is 30.1. The summed E-state index contributed by atoms with van der Waals surface area (Å²) in [5, 5.41) is 5.21. The summed E-state index contributed by atoms with van der Waals surface area (Å²) in [6, 6.07) is 55.8. The molecule has 9 rings (SSSR count). The summed E-state index contributed by atoms with van der Waals surface area (Å²) < 4.78 is 2.66. The van der Waals surface area contributed by atoms with Crippen molar-refractivity contribution in [1.82, 2.24) is 0 Å². The van der Waals surface area contributed by atoms with Gasteiger partial charge in [-0.25, -0.2) is 0 Å². The Labute approximate surface area is 267 Å². The molecule has 1 aliphatic carbocycles. The summed E-state index contributed by atoms with van der Waals surface area (Å²) in [5.41, 5.74) is 11.3. The molecule has 0 aliphatic heterocycles. The van der Waals surface area contributed by atoms with Crippen LogP contribution in [0.25, 0.3) is 53.2 Å². The van der Waals surface area contributed by atoms with Gasteiger partial charge in [0.1, 0.15) is 0 Å². The molecule has 1 heterocycles. The molecule has 0 spiro atoms. The number of hydrogen-bond donors (Lipinski definition) is 0. The second-order valence-electron chi connectivity index (χ2n) is 12.5. The highest BCUT2D eigenvalue weighted by atomic mass is 32.1. The Morgan fingerprint density at radius 3 is 2.04 bits per heavy atom. The van der Waals surface area contributed by atoms with Crippen LogP contribution in [-0.4, -0.2) is 0 Å². The third-order valence-corrected chi connectivity index (χ3v) is 10.8. The molecule has 1 nitrogen and oxygen atoms in total. The van der Waals surface area contributed by atoms with Crippen LogP contribution in [0.4, 0.5) is 17.1 Å². The fraction of sp³-hybridized carbons (Fsp3) is 0.0698. The van der Waals surface area contributed by atoms with Gasteiger partial charge < -0.3 is 4.90 Å². The zero-order valence-corrected chi connectivity index (χ0v) is 26.1. The lowest BCUT2D eigenvalue weighted by Crippen LogP contribution is -2.17. The molecule has 1 aliphatic rings. The van der Waals surface area contributed by atoms with Crippen molar-refractivity contribution in [2.75, 3.05) is 4.90 Å². The fourth-order valence-electron chi connectivity index (χ4n) is 7.53. The number of para-hydroxylation sites is 1. The van der Waals surface area contributed by atoms with Crippen LogP contribution >= 0.6 is 11.3 Å². The molecule has 0 fully saturated rings. The van der Waals surface area contributed by atoms with E-state index in [0.29, 0.717) is 0 Å². The van der Waals surface area contributed by atoms with Crippen molar-refractivity contribution in [3.8, 4) is 22.3 Å². The molecule has 0 saturated carbocycles. The lowest BCUT2D eigenvalue weighted by molar-refractivity contribution is 0.660. The van der Waals surface area contributed by atoms with Crippen molar-refractivity contribution in [2.45, 2.75) is 19.3 Å². The van der Waals surface area contributed by atoms with Crippen LogP contribution in [0, 0.1) is 0 Å². The molecule has 1 aromatic heterocycles. The predicted molar refractivity (Wildman–Crippen MR) is 195 cm³/mol. The van der Waals surface area contributed by atoms with Gasteiger partial charge in [0.2, 0.25) is 0 Å². The number of anilines is 3. The first kappa shape index (κ1) is 26.2. The third kappa shape index (κ3) is 3.92. The number of rotatable bonds is 4. The number of hydrogen-bond acceptors (Lipinski definition) is 2. The van der Waals surface area contributed by atoms with Gasteiger partial charge in [-0.15, -0.1) is 11.3 Å². The number of nitrogens with zero attached hydrogens (tertiary/aromatic N) is 1. The minimum atomic E-state index is -0.0902. The van der Waals surface area contributed by atoms with Crippen LogP contribution in [-0.2, 0) is 5.41 Å². The highest BCUT2D eigenvalue weighted by Crippen LogP contribution is 2.52. The van der Waals surface area contributed by atoms with E-state index < -0.39 is 0 Å². The SMILES string of the molecule is CC1(C)c2ccccc2-c2ccc(N(c3ccccc3-c3ccccc3)c3cccc4c3ccc3sc5ccccc5c34)cc21. The summed E-state index contributed by atoms with van der Waals surface area (Å²) in [7, 11) is 0. The first-order chi connectivity index (χ1) is 22.1. The minimum Gasteiger partial charge on any atom is -0.309 e. The number of fused-ring (bicyclic) bond motifs is 8. The van der Waals surface area contributed by atoms with Crippen molar-refractivity contribution in [2.24, 2.45) is 0 Å². The second kappa shape index (κ2) is 9.92. The molecule has 0 unspecified atom stereocenters. The zero-order valence-electron chi connectivity index (χ0n) is 25.3. The third-order valence-electron chi connectivity index (χ3n) is 9.67. The largest absolute Gasteiger partial charge is 0.309 e. The lowest BCUT2D eigenvalue weighted by Gasteiger charge is -2.30. The Morgan fingerprint density at radius 2 is 1.16 bits per heavy atom. The quantitative estimate of drug-likeness (QED) is 0.196.